The van der Waals surface area contributed by atoms with E-state index in [0.29, 0.717) is 30.7 Å². The molecule has 2 aliphatic heterocycles. The molecule has 5 bridgehead atoms. The quantitative estimate of drug-likeness (QED) is 0.458. The average Bonchev–Trinajstić information content (AvgIpc) is 2.94. The Morgan fingerprint density at radius 1 is 1.07 bits per heavy atom. The average molecular weight is 594 g/mol. The summed E-state index contributed by atoms with van der Waals surface area (Å²) in [5.41, 5.74) is 5.36. The minimum atomic E-state index is -0.853. The van der Waals surface area contributed by atoms with Gasteiger partial charge in [0, 0.05) is 31.4 Å². The number of fused-ring (bicyclic) bond motifs is 4. The number of carbonyl (C=O) groups excluding carboxylic acids is 4. The van der Waals surface area contributed by atoms with Crippen LogP contribution in [0.5, 0.6) is 0 Å². The van der Waals surface area contributed by atoms with Crippen molar-refractivity contribution in [3.63, 3.8) is 0 Å². The van der Waals surface area contributed by atoms with Gasteiger partial charge in [-0.15, -0.1) is 0 Å². The number of rotatable bonds is 3. The van der Waals surface area contributed by atoms with Gasteiger partial charge in [-0.3, -0.25) is 19.2 Å². The highest BCUT2D eigenvalue weighted by Gasteiger charge is 2.33. The first-order chi connectivity index (χ1) is 20.4. The van der Waals surface area contributed by atoms with Gasteiger partial charge in [-0.05, 0) is 57.2 Å². The lowest BCUT2D eigenvalue weighted by molar-refractivity contribution is -0.154. The maximum atomic E-state index is 13.6. The Labute approximate surface area is 252 Å². The van der Waals surface area contributed by atoms with Gasteiger partial charge < -0.3 is 20.1 Å². The molecule has 0 aliphatic carbocycles. The van der Waals surface area contributed by atoms with Crippen molar-refractivity contribution in [3.8, 4) is 0 Å². The number of nitrogens with zero attached hydrogens (tertiary/aromatic N) is 2. The summed E-state index contributed by atoms with van der Waals surface area (Å²) in [4.78, 5) is 56.6. The molecule has 1 aromatic carbocycles. The van der Waals surface area contributed by atoms with Crippen LogP contribution in [0.3, 0.4) is 0 Å². The minimum Gasteiger partial charge on any atom is -0.462 e. The molecule has 11 nitrogen and oxygen atoms in total. The zero-order valence-corrected chi connectivity index (χ0v) is 25.8. The van der Waals surface area contributed by atoms with Crippen molar-refractivity contribution in [3.05, 3.63) is 47.7 Å². The standard InChI is InChI=1S/C32H43N5O6/c1-18(2)29-31(40)33-19(3)17-37-15-7-8-27(36-37)32(41)43-21(5)26-14-12-24-11-9-23(16-28(24)34-26)10-13-25(30(39)35-29)20(4)42-22(6)38/h9-14,16,18-21,25,27,29,36H,7-8,15,17H2,1-6H3,(H,33,40)(H,35,39)/b13-10+/t19-,20-,21+,25+,27-,29-/m0/s1. The Kier molecular flexibility index (Phi) is 10.5. The lowest BCUT2D eigenvalue weighted by atomic mass is 9.97. The van der Waals surface area contributed by atoms with E-state index in [2.05, 4.69) is 16.1 Å². The van der Waals surface area contributed by atoms with Gasteiger partial charge in [-0.1, -0.05) is 44.2 Å². The zero-order valence-electron chi connectivity index (χ0n) is 25.8. The highest BCUT2D eigenvalue weighted by molar-refractivity contribution is 5.90. The first-order valence-electron chi connectivity index (χ1n) is 15.0. The Hall–Kier alpha value is -3.83. The Bertz CT molecular complexity index is 1380. The number of cyclic esters (lactones) is 1. The normalized spacial score (nSPS) is 28.9. The van der Waals surface area contributed by atoms with Gasteiger partial charge >= 0.3 is 11.9 Å². The van der Waals surface area contributed by atoms with Crippen molar-refractivity contribution in [2.75, 3.05) is 13.1 Å². The maximum Gasteiger partial charge on any atom is 0.325 e. The predicted octanol–water partition coefficient (Wildman–Crippen LogP) is 3.05. The first kappa shape index (κ1) is 32.1. The molecule has 2 aromatic rings. The minimum absolute atomic E-state index is 0.207. The molecule has 0 saturated carbocycles. The number of hydrogen-bond donors (Lipinski definition) is 3. The summed E-state index contributed by atoms with van der Waals surface area (Å²) in [7, 11) is 0. The van der Waals surface area contributed by atoms with Gasteiger partial charge in [0.1, 0.15) is 24.3 Å². The van der Waals surface area contributed by atoms with E-state index in [1.54, 1.807) is 26.0 Å². The molecule has 0 radical (unpaired) electrons. The molecule has 0 spiro atoms. The largest absolute Gasteiger partial charge is 0.462 e. The molecule has 7 atom stereocenters. The molecule has 1 unspecified atom stereocenters. The Balaban J connectivity index is 1.71. The van der Waals surface area contributed by atoms with E-state index in [-0.39, 0.29) is 23.8 Å². The number of pyridine rings is 1. The summed E-state index contributed by atoms with van der Waals surface area (Å²) in [6, 6.07) is 7.88. The lowest BCUT2D eigenvalue weighted by Gasteiger charge is -2.35. The second-order valence-corrected chi connectivity index (χ2v) is 11.9. The number of esters is 2. The monoisotopic (exact) mass is 593 g/mol. The molecule has 43 heavy (non-hydrogen) atoms. The van der Waals surface area contributed by atoms with Crippen molar-refractivity contribution in [2.24, 2.45) is 11.8 Å². The summed E-state index contributed by atoms with van der Waals surface area (Å²) in [6.45, 7) is 11.5. The van der Waals surface area contributed by atoms with Crippen LogP contribution in [0.15, 0.2) is 36.4 Å². The van der Waals surface area contributed by atoms with Crippen LogP contribution in [0, 0.1) is 11.8 Å². The topological polar surface area (TPSA) is 139 Å². The molecular formula is C32H43N5O6. The second kappa shape index (κ2) is 14.1. The van der Waals surface area contributed by atoms with Gasteiger partial charge in [0.05, 0.1) is 17.1 Å². The van der Waals surface area contributed by atoms with Crippen LogP contribution in [0.4, 0.5) is 0 Å². The van der Waals surface area contributed by atoms with Crippen molar-refractivity contribution in [2.45, 2.75) is 84.7 Å². The number of benzene rings is 1. The molecule has 4 rings (SSSR count). The van der Waals surface area contributed by atoms with E-state index >= 15 is 0 Å². The fourth-order valence-electron chi connectivity index (χ4n) is 5.45. The summed E-state index contributed by atoms with van der Waals surface area (Å²) < 4.78 is 11.2. The number of amides is 2. The fourth-order valence-corrected chi connectivity index (χ4v) is 5.45. The third-order valence-corrected chi connectivity index (χ3v) is 7.78. The van der Waals surface area contributed by atoms with E-state index in [4.69, 9.17) is 14.5 Å². The summed E-state index contributed by atoms with van der Waals surface area (Å²) in [5.74, 6) is -2.66. The maximum absolute atomic E-state index is 13.6. The SMILES string of the molecule is CC(=O)O[C@@H](C)[C@H]1/C=C/c2ccc3ccc(nc3c2)[C@@H](C)OC(=O)[C@@H]2CCCN(C[C@H](C)NC(=O)[C@H](C(C)C)NC1=O)N2. The van der Waals surface area contributed by atoms with Gasteiger partial charge in [0.2, 0.25) is 11.8 Å². The number of hydrazine groups is 1. The number of ether oxygens (including phenoxy) is 2. The van der Waals surface area contributed by atoms with E-state index in [1.165, 1.54) is 6.92 Å². The number of hydrogen-bond acceptors (Lipinski definition) is 9. The van der Waals surface area contributed by atoms with Gasteiger partial charge in [-0.25, -0.2) is 15.4 Å². The molecule has 1 aromatic heterocycles. The van der Waals surface area contributed by atoms with Crippen LogP contribution in [-0.4, -0.2) is 71.1 Å². The summed E-state index contributed by atoms with van der Waals surface area (Å²) >= 11 is 0. The third-order valence-electron chi connectivity index (χ3n) is 7.78. The molecule has 1 saturated heterocycles. The molecule has 232 valence electrons. The lowest BCUT2D eigenvalue weighted by Crippen LogP contribution is -2.58. The van der Waals surface area contributed by atoms with Crippen LogP contribution < -0.4 is 16.1 Å². The first-order valence-corrected chi connectivity index (χ1v) is 15.0. The van der Waals surface area contributed by atoms with Crippen LogP contribution in [0.2, 0.25) is 0 Å². The molecule has 2 aliphatic rings. The fraction of sp³-hybridized carbons (Fsp3) is 0.531. The van der Waals surface area contributed by atoms with Gasteiger partial charge in [0.25, 0.3) is 0 Å². The number of nitrogens with one attached hydrogen (secondary N) is 3. The Morgan fingerprint density at radius 3 is 2.53 bits per heavy atom. The van der Waals surface area contributed by atoms with Crippen LogP contribution in [-0.2, 0) is 28.7 Å². The van der Waals surface area contributed by atoms with Crippen LogP contribution in [0.1, 0.15) is 71.7 Å². The van der Waals surface area contributed by atoms with Crippen molar-refractivity contribution >= 4 is 40.7 Å². The predicted molar refractivity (Wildman–Crippen MR) is 162 cm³/mol. The third kappa shape index (κ3) is 8.39. The number of aromatic nitrogens is 1. The number of carbonyl (C=O) groups is 4. The van der Waals surface area contributed by atoms with Crippen LogP contribution >= 0.6 is 0 Å². The summed E-state index contributed by atoms with van der Waals surface area (Å²) in [6.07, 6.45) is 3.54. The van der Waals surface area contributed by atoms with E-state index < -0.39 is 42.1 Å². The Morgan fingerprint density at radius 2 is 1.81 bits per heavy atom. The van der Waals surface area contributed by atoms with Gasteiger partial charge in [0.15, 0.2) is 0 Å². The molecule has 2 amide bonds. The molecule has 3 heterocycles. The van der Waals surface area contributed by atoms with E-state index in [1.807, 2.05) is 56.1 Å². The van der Waals surface area contributed by atoms with Crippen molar-refractivity contribution in [1.82, 2.24) is 26.1 Å². The van der Waals surface area contributed by atoms with Gasteiger partial charge in [-0.2, -0.15) is 0 Å². The smallest absolute Gasteiger partial charge is 0.325 e. The van der Waals surface area contributed by atoms with Crippen molar-refractivity contribution < 1.29 is 28.7 Å². The highest BCUT2D eigenvalue weighted by atomic mass is 16.5. The summed E-state index contributed by atoms with van der Waals surface area (Å²) in [5, 5.41) is 8.73. The van der Waals surface area contributed by atoms with Crippen LogP contribution in [0.25, 0.3) is 17.0 Å². The zero-order chi connectivity index (χ0) is 31.3. The van der Waals surface area contributed by atoms with Crippen molar-refractivity contribution in [1.29, 1.82) is 0 Å². The molecular weight excluding hydrogens is 550 g/mol. The molecule has 1 fully saturated rings. The second-order valence-electron chi connectivity index (χ2n) is 11.9. The van der Waals surface area contributed by atoms with E-state index in [9.17, 15) is 19.2 Å². The molecule has 11 heteroatoms. The molecule has 3 N–H and O–H groups in total. The van der Waals surface area contributed by atoms with E-state index in [0.717, 1.165) is 17.4 Å². The highest BCUT2D eigenvalue weighted by Crippen LogP contribution is 2.23.